The fourth-order valence-corrected chi connectivity index (χ4v) is 4.43. The lowest BCUT2D eigenvalue weighted by molar-refractivity contribution is -0.173. The van der Waals surface area contributed by atoms with Crippen molar-refractivity contribution in [1.82, 2.24) is 20.1 Å². The number of rotatable bonds is 4. The molecule has 2 unspecified atom stereocenters. The number of amides is 1. The van der Waals surface area contributed by atoms with Gasteiger partial charge in [-0.1, -0.05) is 35.3 Å². The summed E-state index contributed by atoms with van der Waals surface area (Å²) in [4.78, 5) is 15.9. The molecule has 11 heteroatoms. The van der Waals surface area contributed by atoms with Gasteiger partial charge in [-0.3, -0.25) is 4.79 Å². The van der Waals surface area contributed by atoms with E-state index in [1.165, 1.54) is 6.07 Å². The van der Waals surface area contributed by atoms with E-state index in [2.05, 4.69) is 20.7 Å². The van der Waals surface area contributed by atoms with Crippen molar-refractivity contribution in [2.45, 2.75) is 31.2 Å². The monoisotopic (exact) mass is 507 g/mol. The average Bonchev–Trinajstić information content (AvgIpc) is 3.40. The van der Waals surface area contributed by atoms with E-state index in [0.717, 1.165) is 21.3 Å². The fourth-order valence-electron chi connectivity index (χ4n) is 4.12. The first kappa shape index (κ1) is 22.6. The Balaban J connectivity index is 1.36. The van der Waals surface area contributed by atoms with E-state index in [-0.39, 0.29) is 24.5 Å². The summed E-state index contributed by atoms with van der Waals surface area (Å²) in [5.41, 5.74) is 2.14. The summed E-state index contributed by atoms with van der Waals surface area (Å²) in [6.07, 6.45) is -4.80. The Bertz CT molecular complexity index is 1360. The molecule has 2 aromatic heterocycles. The molecule has 1 amide bonds. The molecule has 2 aromatic carbocycles. The number of aromatic amines is 1. The van der Waals surface area contributed by atoms with Gasteiger partial charge < -0.3 is 15.6 Å². The molecule has 0 aliphatic carbocycles. The molecular weight excluding hydrogens is 490 g/mol. The van der Waals surface area contributed by atoms with E-state index in [4.69, 9.17) is 23.2 Å². The zero-order valence-corrected chi connectivity index (χ0v) is 19.0. The Hall–Kier alpha value is -3.17. The molecule has 0 bridgehead atoms. The third kappa shape index (κ3) is 4.45. The quantitative estimate of drug-likeness (QED) is 0.305. The highest BCUT2D eigenvalue weighted by atomic mass is 35.5. The molecule has 0 saturated heterocycles. The maximum absolute atomic E-state index is 13.9. The number of alkyl halides is 3. The molecule has 1 aliphatic heterocycles. The molecule has 6 nitrogen and oxygen atoms in total. The second-order valence-corrected chi connectivity index (χ2v) is 8.98. The van der Waals surface area contributed by atoms with E-state index in [0.29, 0.717) is 15.6 Å². The van der Waals surface area contributed by atoms with E-state index >= 15 is 0 Å². The largest absolute Gasteiger partial charge is 0.410 e. The number of hydrogen-bond donors (Lipinski definition) is 3. The van der Waals surface area contributed by atoms with E-state index in [9.17, 15) is 18.0 Å². The van der Waals surface area contributed by atoms with Crippen molar-refractivity contribution in [3.8, 4) is 0 Å². The predicted molar refractivity (Wildman–Crippen MR) is 124 cm³/mol. The topological polar surface area (TPSA) is 74.7 Å². The Morgan fingerprint density at radius 3 is 2.56 bits per heavy atom. The molecule has 0 spiro atoms. The van der Waals surface area contributed by atoms with Gasteiger partial charge >= 0.3 is 6.18 Å². The highest BCUT2D eigenvalue weighted by Gasteiger charge is 2.46. The van der Waals surface area contributed by atoms with Gasteiger partial charge in [-0.2, -0.15) is 18.3 Å². The van der Waals surface area contributed by atoms with Crippen molar-refractivity contribution in [3.63, 3.8) is 0 Å². The summed E-state index contributed by atoms with van der Waals surface area (Å²) in [5, 5.41) is 11.7. The minimum absolute atomic E-state index is 0.104. The maximum atomic E-state index is 13.9. The normalized spacial score (nSPS) is 17.9. The lowest BCUT2D eigenvalue weighted by atomic mass is 9.97. The van der Waals surface area contributed by atoms with Crippen molar-refractivity contribution < 1.29 is 18.0 Å². The lowest BCUT2D eigenvalue weighted by Crippen LogP contribution is -2.35. The Morgan fingerprint density at radius 2 is 1.82 bits per heavy atom. The van der Waals surface area contributed by atoms with Crippen LogP contribution in [0.5, 0.6) is 0 Å². The van der Waals surface area contributed by atoms with Crippen LogP contribution in [0.25, 0.3) is 10.9 Å². The number of nitrogens with zero attached hydrogens (tertiary/aromatic N) is 2. The summed E-state index contributed by atoms with van der Waals surface area (Å²) >= 11 is 11.9. The van der Waals surface area contributed by atoms with Gasteiger partial charge in [0.1, 0.15) is 5.82 Å². The molecule has 4 aromatic rings. The number of fused-ring (bicyclic) bond motifs is 2. The summed E-state index contributed by atoms with van der Waals surface area (Å²) in [7, 11) is 0. The zero-order chi connectivity index (χ0) is 24.0. The van der Waals surface area contributed by atoms with Crippen LogP contribution in [0.3, 0.4) is 0 Å². The third-order valence-electron chi connectivity index (χ3n) is 5.77. The van der Waals surface area contributed by atoms with Crippen LogP contribution in [0.2, 0.25) is 10.0 Å². The minimum atomic E-state index is -4.53. The van der Waals surface area contributed by atoms with Gasteiger partial charge in [0, 0.05) is 39.1 Å². The Kier molecular flexibility index (Phi) is 5.69. The summed E-state index contributed by atoms with van der Waals surface area (Å²) in [6.45, 7) is 0.150. The van der Waals surface area contributed by atoms with Crippen LogP contribution in [0, 0.1) is 0 Å². The summed E-state index contributed by atoms with van der Waals surface area (Å²) < 4.78 is 42.4. The first-order valence-electron chi connectivity index (χ1n) is 10.4. The molecule has 3 heterocycles. The van der Waals surface area contributed by atoms with Gasteiger partial charge in [-0.05, 0) is 42.0 Å². The first-order chi connectivity index (χ1) is 16.2. The number of anilines is 1. The average molecular weight is 508 g/mol. The fraction of sp³-hybridized carbons (Fsp3) is 0.217. The summed E-state index contributed by atoms with van der Waals surface area (Å²) in [6, 6.07) is 12.7. The molecule has 176 valence electrons. The van der Waals surface area contributed by atoms with Crippen molar-refractivity contribution in [2.75, 3.05) is 5.32 Å². The number of carbonyl (C=O) groups excluding carboxylic acids is 1. The predicted octanol–water partition coefficient (Wildman–Crippen LogP) is 6.26. The van der Waals surface area contributed by atoms with Crippen LogP contribution in [0.15, 0.2) is 54.6 Å². The maximum Gasteiger partial charge on any atom is 0.410 e. The second-order valence-electron chi connectivity index (χ2n) is 8.11. The molecular formula is C23H18Cl2F3N5O. The Labute approximate surface area is 202 Å². The minimum Gasteiger partial charge on any atom is -0.363 e. The van der Waals surface area contributed by atoms with Crippen LogP contribution in [0.4, 0.5) is 19.0 Å². The van der Waals surface area contributed by atoms with Gasteiger partial charge in [0.2, 0.25) is 0 Å². The third-order valence-corrected chi connectivity index (χ3v) is 6.26. The molecule has 1 aliphatic rings. The molecule has 0 radical (unpaired) electrons. The van der Waals surface area contributed by atoms with Crippen LogP contribution < -0.4 is 10.6 Å². The highest BCUT2D eigenvalue weighted by Crippen LogP contribution is 2.43. The van der Waals surface area contributed by atoms with Crippen molar-refractivity contribution in [1.29, 1.82) is 0 Å². The van der Waals surface area contributed by atoms with Crippen molar-refractivity contribution in [2.24, 2.45) is 0 Å². The number of carbonyl (C=O) groups is 1. The van der Waals surface area contributed by atoms with E-state index in [1.807, 2.05) is 12.1 Å². The van der Waals surface area contributed by atoms with E-state index in [1.54, 1.807) is 36.4 Å². The van der Waals surface area contributed by atoms with Crippen LogP contribution in [-0.2, 0) is 6.54 Å². The number of halogens is 5. The van der Waals surface area contributed by atoms with Crippen molar-refractivity contribution in [3.05, 3.63) is 81.6 Å². The lowest BCUT2D eigenvalue weighted by Gasteiger charge is -2.33. The molecule has 5 rings (SSSR count). The number of benzene rings is 2. The standard InChI is InChI=1S/C23H18Cl2F3N5O/c24-14-3-1-12(2-4-14)18-9-20(23(26,27)28)33-21(31-18)10-19(32-33)22(34)29-11-16-8-13-7-15(25)5-6-17(13)30-16/h1-8,10,18,20,30-31H,9,11H2,(H,29,34). The van der Waals surface area contributed by atoms with Gasteiger partial charge in [0.05, 0.1) is 12.6 Å². The number of nitrogens with one attached hydrogen (secondary N) is 3. The highest BCUT2D eigenvalue weighted by molar-refractivity contribution is 6.31. The van der Waals surface area contributed by atoms with Gasteiger partial charge in [0.25, 0.3) is 5.91 Å². The Morgan fingerprint density at radius 1 is 1.09 bits per heavy atom. The van der Waals surface area contributed by atoms with Gasteiger partial charge in [-0.25, -0.2) is 4.68 Å². The van der Waals surface area contributed by atoms with Crippen LogP contribution in [-0.4, -0.2) is 26.8 Å². The number of aromatic nitrogens is 3. The summed E-state index contributed by atoms with van der Waals surface area (Å²) in [5.74, 6) is -0.455. The zero-order valence-electron chi connectivity index (χ0n) is 17.5. The van der Waals surface area contributed by atoms with Gasteiger partial charge in [-0.15, -0.1) is 0 Å². The number of hydrogen-bond acceptors (Lipinski definition) is 3. The molecule has 3 N–H and O–H groups in total. The number of H-pyrrole nitrogens is 1. The van der Waals surface area contributed by atoms with Gasteiger partial charge in [0.15, 0.2) is 11.7 Å². The SMILES string of the molecule is O=C(NCc1cc2cc(Cl)ccc2[nH]1)c1cc2n(n1)C(C(F)(F)F)CC(c1ccc(Cl)cc1)N2. The second kappa shape index (κ2) is 8.56. The van der Waals surface area contributed by atoms with Crippen molar-refractivity contribution >= 4 is 45.8 Å². The molecule has 0 saturated carbocycles. The molecule has 2 atom stereocenters. The van der Waals surface area contributed by atoms with Crippen LogP contribution in [0.1, 0.15) is 40.3 Å². The molecule has 0 fully saturated rings. The smallest absolute Gasteiger partial charge is 0.363 e. The first-order valence-corrected chi connectivity index (χ1v) is 11.2. The van der Waals surface area contributed by atoms with Crippen LogP contribution >= 0.6 is 23.2 Å². The molecule has 34 heavy (non-hydrogen) atoms. The van der Waals surface area contributed by atoms with E-state index < -0.39 is 24.2 Å².